The summed E-state index contributed by atoms with van der Waals surface area (Å²) in [5.74, 6) is 1.73. The van der Waals surface area contributed by atoms with Crippen molar-refractivity contribution in [1.82, 2.24) is 10.3 Å². The number of pyridine rings is 1. The SMILES string of the molecule is CCOc1cccc2c1OCC(C(=O)NCc1ccnc(OC)c1)=C2. The summed E-state index contributed by atoms with van der Waals surface area (Å²) >= 11 is 0. The summed E-state index contributed by atoms with van der Waals surface area (Å²) in [5, 5.41) is 2.89. The summed E-state index contributed by atoms with van der Waals surface area (Å²) < 4.78 is 16.4. The number of para-hydroxylation sites is 1. The van der Waals surface area contributed by atoms with Gasteiger partial charge >= 0.3 is 0 Å². The number of carbonyl (C=O) groups excluding carboxylic acids is 1. The molecule has 0 bridgehead atoms. The van der Waals surface area contributed by atoms with Crippen molar-refractivity contribution in [3.8, 4) is 17.4 Å². The third-order valence-electron chi connectivity index (χ3n) is 3.76. The number of fused-ring (bicyclic) bond motifs is 1. The number of methoxy groups -OCH3 is 1. The van der Waals surface area contributed by atoms with Crippen molar-refractivity contribution in [3.05, 3.63) is 53.2 Å². The van der Waals surface area contributed by atoms with Crippen LogP contribution in [0, 0.1) is 0 Å². The summed E-state index contributed by atoms with van der Waals surface area (Å²) in [6.45, 7) is 3.08. The Kier molecular flexibility index (Phi) is 5.18. The van der Waals surface area contributed by atoms with E-state index in [9.17, 15) is 4.79 Å². The highest BCUT2D eigenvalue weighted by molar-refractivity contribution is 5.99. The number of amides is 1. The van der Waals surface area contributed by atoms with E-state index in [0.717, 1.165) is 11.1 Å². The van der Waals surface area contributed by atoms with Crippen molar-refractivity contribution >= 4 is 12.0 Å². The van der Waals surface area contributed by atoms with E-state index in [0.29, 0.717) is 36.1 Å². The average molecular weight is 340 g/mol. The number of hydrogen-bond acceptors (Lipinski definition) is 5. The molecule has 0 unspecified atom stereocenters. The molecule has 1 aliphatic heterocycles. The number of nitrogens with one attached hydrogen (secondary N) is 1. The molecule has 1 amide bonds. The summed E-state index contributed by atoms with van der Waals surface area (Å²) in [5.41, 5.74) is 2.33. The fourth-order valence-electron chi connectivity index (χ4n) is 2.55. The predicted molar refractivity (Wildman–Crippen MR) is 93.7 cm³/mol. The Morgan fingerprint density at radius 1 is 1.36 bits per heavy atom. The second kappa shape index (κ2) is 7.70. The van der Waals surface area contributed by atoms with Crippen molar-refractivity contribution in [3.63, 3.8) is 0 Å². The number of carbonyl (C=O) groups is 1. The molecule has 0 saturated carbocycles. The van der Waals surface area contributed by atoms with Crippen molar-refractivity contribution in [2.75, 3.05) is 20.3 Å². The number of aromatic nitrogens is 1. The van der Waals surface area contributed by atoms with Crippen LogP contribution in [0.5, 0.6) is 17.4 Å². The molecule has 3 rings (SSSR count). The van der Waals surface area contributed by atoms with Gasteiger partial charge in [-0.15, -0.1) is 0 Å². The average Bonchev–Trinajstić information content (AvgIpc) is 2.66. The van der Waals surface area contributed by atoms with Gasteiger partial charge in [-0.2, -0.15) is 0 Å². The highest BCUT2D eigenvalue weighted by atomic mass is 16.5. The molecule has 6 heteroatoms. The van der Waals surface area contributed by atoms with Crippen LogP contribution >= 0.6 is 0 Å². The van der Waals surface area contributed by atoms with Gasteiger partial charge in [-0.3, -0.25) is 4.79 Å². The first-order valence-corrected chi connectivity index (χ1v) is 8.07. The number of hydrogen-bond donors (Lipinski definition) is 1. The summed E-state index contributed by atoms with van der Waals surface area (Å²) in [6.07, 6.45) is 3.48. The zero-order valence-corrected chi connectivity index (χ0v) is 14.2. The van der Waals surface area contributed by atoms with Crippen molar-refractivity contribution in [1.29, 1.82) is 0 Å². The van der Waals surface area contributed by atoms with Crippen LogP contribution in [0.15, 0.2) is 42.1 Å². The van der Waals surface area contributed by atoms with Crippen LogP contribution in [0.2, 0.25) is 0 Å². The Morgan fingerprint density at radius 3 is 3.04 bits per heavy atom. The quantitative estimate of drug-likeness (QED) is 0.875. The molecule has 1 aliphatic rings. The third kappa shape index (κ3) is 3.91. The van der Waals surface area contributed by atoms with Gasteiger partial charge < -0.3 is 19.5 Å². The van der Waals surface area contributed by atoms with Crippen LogP contribution in [0.3, 0.4) is 0 Å². The molecule has 0 fully saturated rings. The van der Waals surface area contributed by atoms with E-state index in [1.54, 1.807) is 19.4 Å². The normalized spacial score (nSPS) is 12.5. The van der Waals surface area contributed by atoms with Crippen LogP contribution in [0.1, 0.15) is 18.1 Å². The summed E-state index contributed by atoms with van der Waals surface area (Å²) in [7, 11) is 1.56. The van der Waals surface area contributed by atoms with E-state index in [1.807, 2.05) is 37.3 Å². The van der Waals surface area contributed by atoms with Crippen LogP contribution in [0.25, 0.3) is 6.08 Å². The first-order chi connectivity index (χ1) is 12.2. The molecule has 130 valence electrons. The van der Waals surface area contributed by atoms with E-state index in [-0.39, 0.29) is 12.5 Å². The molecule has 0 radical (unpaired) electrons. The van der Waals surface area contributed by atoms with Crippen molar-refractivity contribution in [2.24, 2.45) is 0 Å². The molecule has 2 heterocycles. The van der Waals surface area contributed by atoms with Gasteiger partial charge in [-0.25, -0.2) is 4.98 Å². The highest BCUT2D eigenvalue weighted by Gasteiger charge is 2.20. The maximum absolute atomic E-state index is 12.4. The molecule has 1 aromatic heterocycles. The van der Waals surface area contributed by atoms with Crippen LogP contribution < -0.4 is 19.5 Å². The van der Waals surface area contributed by atoms with Gasteiger partial charge in [-0.05, 0) is 30.7 Å². The molecule has 0 aliphatic carbocycles. The monoisotopic (exact) mass is 340 g/mol. The maximum atomic E-state index is 12.4. The zero-order valence-electron chi connectivity index (χ0n) is 14.2. The molecule has 2 aromatic rings. The first-order valence-electron chi connectivity index (χ1n) is 8.07. The predicted octanol–water partition coefficient (Wildman–Crippen LogP) is 2.58. The smallest absolute Gasteiger partial charge is 0.250 e. The molecule has 25 heavy (non-hydrogen) atoms. The van der Waals surface area contributed by atoms with Gasteiger partial charge in [0.15, 0.2) is 11.5 Å². The highest BCUT2D eigenvalue weighted by Crippen LogP contribution is 2.35. The molecule has 0 spiro atoms. The van der Waals surface area contributed by atoms with E-state index < -0.39 is 0 Å². The lowest BCUT2D eigenvalue weighted by atomic mass is 10.1. The molecule has 1 aromatic carbocycles. The maximum Gasteiger partial charge on any atom is 0.250 e. The summed E-state index contributed by atoms with van der Waals surface area (Å²) in [4.78, 5) is 16.5. The molecule has 0 saturated heterocycles. The van der Waals surface area contributed by atoms with Crippen LogP contribution in [0.4, 0.5) is 0 Å². The largest absolute Gasteiger partial charge is 0.490 e. The van der Waals surface area contributed by atoms with Gasteiger partial charge in [0.25, 0.3) is 5.91 Å². The summed E-state index contributed by atoms with van der Waals surface area (Å²) in [6, 6.07) is 9.26. The minimum absolute atomic E-state index is 0.164. The Balaban J connectivity index is 1.69. The van der Waals surface area contributed by atoms with Gasteiger partial charge in [0.05, 0.1) is 19.3 Å². The van der Waals surface area contributed by atoms with Gasteiger partial charge in [-0.1, -0.05) is 12.1 Å². The Morgan fingerprint density at radius 2 is 2.24 bits per heavy atom. The number of rotatable bonds is 6. The van der Waals surface area contributed by atoms with Crippen LogP contribution in [-0.2, 0) is 11.3 Å². The van der Waals surface area contributed by atoms with E-state index in [4.69, 9.17) is 14.2 Å². The minimum Gasteiger partial charge on any atom is -0.490 e. The second-order valence-electron chi connectivity index (χ2n) is 5.45. The number of ether oxygens (including phenoxy) is 3. The van der Waals surface area contributed by atoms with Gasteiger partial charge in [0.1, 0.15) is 6.61 Å². The molecule has 0 atom stereocenters. The molecular weight excluding hydrogens is 320 g/mol. The first kappa shape index (κ1) is 16.8. The standard InChI is InChI=1S/C19H20N2O4/c1-3-24-16-6-4-5-14-10-15(12-25-18(14)16)19(22)21-11-13-7-8-20-17(9-13)23-2/h4-10H,3,11-12H2,1-2H3,(H,21,22). The molecule has 1 N–H and O–H groups in total. The van der Waals surface area contributed by atoms with E-state index >= 15 is 0 Å². The lowest BCUT2D eigenvalue weighted by Gasteiger charge is -2.20. The number of benzene rings is 1. The van der Waals surface area contributed by atoms with Crippen molar-refractivity contribution in [2.45, 2.75) is 13.5 Å². The number of nitrogens with zero attached hydrogens (tertiary/aromatic N) is 1. The van der Waals surface area contributed by atoms with E-state index in [2.05, 4.69) is 10.3 Å². The fourth-order valence-corrected chi connectivity index (χ4v) is 2.55. The van der Waals surface area contributed by atoms with Crippen LogP contribution in [-0.4, -0.2) is 31.2 Å². The lowest BCUT2D eigenvalue weighted by Crippen LogP contribution is -2.28. The van der Waals surface area contributed by atoms with E-state index in [1.165, 1.54) is 0 Å². The zero-order chi connectivity index (χ0) is 17.6. The molecule has 6 nitrogen and oxygen atoms in total. The Labute approximate surface area is 146 Å². The Hall–Kier alpha value is -3.02. The third-order valence-corrected chi connectivity index (χ3v) is 3.76. The minimum atomic E-state index is -0.164. The fraction of sp³-hybridized carbons (Fsp3) is 0.263. The second-order valence-corrected chi connectivity index (χ2v) is 5.45. The van der Waals surface area contributed by atoms with Crippen molar-refractivity contribution < 1.29 is 19.0 Å². The topological polar surface area (TPSA) is 69.7 Å². The molecular formula is C19H20N2O4. The lowest BCUT2D eigenvalue weighted by molar-refractivity contribution is -0.117. The Bertz CT molecular complexity index is 802. The van der Waals surface area contributed by atoms with Gasteiger partial charge in [0, 0.05) is 24.4 Å². The van der Waals surface area contributed by atoms with Gasteiger partial charge in [0.2, 0.25) is 5.88 Å².